The van der Waals surface area contributed by atoms with Gasteiger partial charge in [0.2, 0.25) is 5.91 Å². The number of fused-ring (bicyclic) bond motifs is 1. The molecule has 3 aromatic rings. The van der Waals surface area contributed by atoms with Crippen LogP contribution in [0.1, 0.15) is 56.2 Å². The number of rotatable bonds is 6. The van der Waals surface area contributed by atoms with E-state index in [1.807, 2.05) is 0 Å². The van der Waals surface area contributed by atoms with E-state index in [0.29, 0.717) is 24.3 Å². The van der Waals surface area contributed by atoms with E-state index in [1.165, 1.54) is 40.4 Å². The molecule has 0 spiro atoms. The highest BCUT2D eigenvalue weighted by atomic mass is 16.1. The van der Waals surface area contributed by atoms with Crippen molar-refractivity contribution in [3.05, 3.63) is 71.4 Å². The van der Waals surface area contributed by atoms with Crippen LogP contribution < -0.4 is 5.32 Å². The van der Waals surface area contributed by atoms with Gasteiger partial charge < -0.3 is 9.88 Å². The lowest BCUT2D eigenvalue weighted by atomic mass is 9.78. The molecule has 0 bridgehead atoms. The maximum atomic E-state index is 12.7. The van der Waals surface area contributed by atoms with E-state index in [4.69, 9.17) is 0 Å². The molecular formula is C27H34N2O. The zero-order chi connectivity index (χ0) is 21.1. The Bertz CT molecular complexity index is 1020. The minimum absolute atomic E-state index is 0.191. The number of para-hydroxylation sites is 1. The van der Waals surface area contributed by atoms with Crippen LogP contribution in [0, 0.1) is 18.8 Å². The number of carbonyl (C=O) groups excluding carboxylic acids is 1. The molecule has 1 aromatic heterocycles. The van der Waals surface area contributed by atoms with Crippen LogP contribution in [0.15, 0.2) is 54.7 Å². The van der Waals surface area contributed by atoms with Crippen molar-refractivity contribution in [2.45, 2.75) is 65.5 Å². The highest BCUT2D eigenvalue weighted by Crippen LogP contribution is 2.30. The van der Waals surface area contributed by atoms with Crippen LogP contribution in [0.3, 0.4) is 0 Å². The van der Waals surface area contributed by atoms with Crippen molar-refractivity contribution in [2.75, 3.05) is 0 Å². The lowest BCUT2D eigenvalue weighted by Crippen LogP contribution is -2.43. The first kappa shape index (κ1) is 20.7. The van der Waals surface area contributed by atoms with Gasteiger partial charge in [-0.3, -0.25) is 4.79 Å². The van der Waals surface area contributed by atoms with Gasteiger partial charge in [-0.1, -0.05) is 69.2 Å². The zero-order valence-electron chi connectivity index (χ0n) is 18.5. The van der Waals surface area contributed by atoms with Crippen LogP contribution in [0.25, 0.3) is 10.9 Å². The molecule has 3 atom stereocenters. The molecule has 1 amide bonds. The lowest BCUT2D eigenvalue weighted by Gasteiger charge is -2.34. The average Bonchev–Trinajstić information content (AvgIpc) is 3.09. The van der Waals surface area contributed by atoms with Crippen LogP contribution in [0.2, 0.25) is 0 Å². The normalized spacial score (nSPS) is 21.6. The number of aromatic nitrogens is 1. The van der Waals surface area contributed by atoms with E-state index in [2.05, 4.69) is 85.4 Å². The van der Waals surface area contributed by atoms with Gasteiger partial charge in [0, 0.05) is 36.1 Å². The van der Waals surface area contributed by atoms with E-state index in [0.717, 1.165) is 19.4 Å². The van der Waals surface area contributed by atoms with Gasteiger partial charge in [-0.15, -0.1) is 0 Å². The smallest absolute Gasteiger partial charge is 0.220 e. The molecule has 1 fully saturated rings. The van der Waals surface area contributed by atoms with Crippen molar-refractivity contribution in [3.8, 4) is 0 Å². The quantitative estimate of drug-likeness (QED) is 0.549. The molecule has 4 rings (SSSR count). The van der Waals surface area contributed by atoms with Crippen molar-refractivity contribution in [1.82, 2.24) is 9.88 Å². The van der Waals surface area contributed by atoms with Gasteiger partial charge in [0.05, 0.1) is 0 Å². The van der Waals surface area contributed by atoms with Crippen molar-refractivity contribution in [1.29, 1.82) is 0 Å². The van der Waals surface area contributed by atoms with Crippen LogP contribution in [0.5, 0.6) is 0 Å². The molecule has 0 unspecified atom stereocenters. The Morgan fingerprint density at radius 3 is 2.63 bits per heavy atom. The monoisotopic (exact) mass is 402 g/mol. The van der Waals surface area contributed by atoms with E-state index in [9.17, 15) is 4.79 Å². The molecule has 1 aliphatic rings. The summed E-state index contributed by atoms with van der Waals surface area (Å²) in [5.74, 6) is 1.46. The number of carbonyl (C=O) groups is 1. The molecule has 3 nitrogen and oxygen atoms in total. The van der Waals surface area contributed by atoms with Gasteiger partial charge in [-0.2, -0.15) is 0 Å². The van der Waals surface area contributed by atoms with Gasteiger partial charge in [-0.05, 0) is 54.4 Å². The molecule has 1 saturated carbocycles. The minimum Gasteiger partial charge on any atom is -0.353 e. The topological polar surface area (TPSA) is 34.0 Å². The largest absolute Gasteiger partial charge is 0.353 e. The SMILES string of the molecule is Cc1ccccc1Cn1cc(CCC(=O)N[C@@H]2CCC[C@H](C)[C@@H]2C)c2ccccc21. The third-order valence-electron chi connectivity index (χ3n) is 7.15. The first-order chi connectivity index (χ1) is 14.5. The standard InChI is InChI=1S/C27H34N2O/c1-19-10-8-13-25(21(19)3)28-27(30)16-15-23-18-29(26-14-7-6-12-24(23)26)17-22-11-5-4-9-20(22)2/h4-7,9,11-12,14,18-19,21,25H,8,10,13,15-17H2,1-3H3,(H,28,30)/t19-,21-,25+/m0/s1. The van der Waals surface area contributed by atoms with Crippen molar-refractivity contribution >= 4 is 16.8 Å². The third kappa shape index (κ3) is 4.45. The fourth-order valence-electron chi connectivity index (χ4n) is 4.94. The molecule has 1 N–H and O–H groups in total. The summed E-state index contributed by atoms with van der Waals surface area (Å²) in [5.41, 5.74) is 5.15. The van der Waals surface area contributed by atoms with Crippen LogP contribution in [0.4, 0.5) is 0 Å². The zero-order valence-corrected chi connectivity index (χ0v) is 18.5. The van der Waals surface area contributed by atoms with E-state index in [1.54, 1.807) is 0 Å². The van der Waals surface area contributed by atoms with Crippen molar-refractivity contribution in [3.63, 3.8) is 0 Å². The number of amides is 1. The first-order valence-corrected chi connectivity index (χ1v) is 11.4. The van der Waals surface area contributed by atoms with Gasteiger partial charge in [0.1, 0.15) is 0 Å². The molecule has 3 heteroatoms. The molecule has 0 saturated heterocycles. The Balaban J connectivity index is 1.47. The van der Waals surface area contributed by atoms with Crippen LogP contribution in [-0.4, -0.2) is 16.5 Å². The predicted octanol–water partition coefficient (Wildman–Crippen LogP) is 5.87. The second-order valence-electron chi connectivity index (χ2n) is 9.17. The number of aryl methyl sites for hydroxylation is 2. The fourth-order valence-corrected chi connectivity index (χ4v) is 4.94. The second kappa shape index (κ2) is 9.07. The molecule has 1 aliphatic carbocycles. The molecule has 30 heavy (non-hydrogen) atoms. The summed E-state index contributed by atoms with van der Waals surface area (Å²) in [6.07, 6.45) is 7.21. The number of nitrogens with zero attached hydrogens (tertiary/aromatic N) is 1. The summed E-state index contributed by atoms with van der Waals surface area (Å²) in [5, 5.41) is 4.59. The second-order valence-corrected chi connectivity index (χ2v) is 9.17. The highest BCUT2D eigenvalue weighted by Gasteiger charge is 2.28. The van der Waals surface area contributed by atoms with E-state index in [-0.39, 0.29) is 5.91 Å². The Morgan fingerprint density at radius 2 is 1.80 bits per heavy atom. The average molecular weight is 403 g/mol. The molecular weight excluding hydrogens is 368 g/mol. The minimum atomic E-state index is 0.191. The summed E-state index contributed by atoms with van der Waals surface area (Å²) in [4.78, 5) is 12.7. The summed E-state index contributed by atoms with van der Waals surface area (Å²) >= 11 is 0. The van der Waals surface area contributed by atoms with Gasteiger partial charge >= 0.3 is 0 Å². The molecule has 1 heterocycles. The van der Waals surface area contributed by atoms with E-state index < -0.39 is 0 Å². The lowest BCUT2D eigenvalue weighted by molar-refractivity contribution is -0.122. The van der Waals surface area contributed by atoms with Crippen molar-refractivity contribution < 1.29 is 4.79 Å². The number of hydrogen-bond donors (Lipinski definition) is 1. The fraction of sp³-hybridized carbons (Fsp3) is 0.444. The van der Waals surface area contributed by atoms with Gasteiger partial charge in [0.25, 0.3) is 0 Å². The third-order valence-corrected chi connectivity index (χ3v) is 7.15. The highest BCUT2D eigenvalue weighted by molar-refractivity contribution is 5.85. The maximum absolute atomic E-state index is 12.7. The van der Waals surface area contributed by atoms with Crippen LogP contribution in [-0.2, 0) is 17.8 Å². The maximum Gasteiger partial charge on any atom is 0.220 e. The van der Waals surface area contributed by atoms with Gasteiger partial charge in [-0.25, -0.2) is 0 Å². The Hall–Kier alpha value is -2.55. The summed E-state index contributed by atoms with van der Waals surface area (Å²) < 4.78 is 2.33. The molecule has 0 radical (unpaired) electrons. The Morgan fingerprint density at radius 1 is 1.03 bits per heavy atom. The summed E-state index contributed by atoms with van der Waals surface area (Å²) in [6.45, 7) is 7.62. The molecule has 158 valence electrons. The number of benzene rings is 2. The summed E-state index contributed by atoms with van der Waals surface area (Å²) in [6, 6.07) is 17.4. The first-order valence-electron chi connectivity index (χ1n) is 11.4. The Kier molecular flexibility index (Phi) is 6.26. The van der Waals surface area contributed by atoms with E-state index >= 15 is 0 Å². The number of nitrogens with one attached hydrogen (secondary N) is 1. The van der Waals surface area contributed by atoms with Crippen molar-refractivity contribution in [2.24, 2.45) is 11.8 Å². The van der Waals surface area contributed by atoms with Crippen LogP contribution >= 0.6 is 0 Å². The number of hydrogen-bond acceptors (Lipinski definition) is 1. The molecule has 0 aliphatic heterocycles. The van der Waals surface area contributed by atoms with Gasteiger partial charge in [0.15, 0.2) is 0 Å². The summed E-state index contributed by atoms with van der Waals surface area (Å²) in [7, 11) is 0. The predicted molar refractivity (Wildman–Crippen MR) is 125 cm³/mol. The Labute approximate surface area is 180 Å². The molecule has 2 aromatic carbocycles.